The Hall–Kier alpha value is -3.23. The third-order valence-electron chi connectivity index (χ3n) is 6.66. The summed E-state index contributed by atoms with van der Waals surface area (Å²) in [5.74, 6) is -3.52. The number of carbonyl (C=O) groups is 5. The molecule has 0 unspecified atom stereocenters. The average Bonchev–Trinajstić information content (AvgIpc) is 2.89. The van der Waals surface area contributed by atoms with Gasteiger partial charge in [0.05, 0.1) is 11.1 Å². The molecule has 3 aliphatic rings. The number of imide groups is 1. The van der Waals surface area contributed by atoms with Crippen molar-refractivity contribution < 1.29 is 29.1 Å². The smallest absolute Gasteiger partial charge is 0.332 e. The molecule has 1 aromatic rings. The maximum atomic E-state index is 13.8. The van der Waals surface area contributed by atoms with Crippen molar-refractivity contribution in [2.75, 3.05) is 6.54 Å². The molecule has 1 aromatic carbocycles. The van der Waals surface area contributed by atoms with Crippen LogP contribution in [0.4, 0.5) is 0 Å². The maximum absolute atomic E-state index is 13.8. The molecular weight excluding hydrogens is 402 g/mol. The highest BCUT2D eigenvalue weighted by atomic mass is 16.4. The van der Waals surface area contributed by atoms with E-state index in [2.05, 4.69) is 0 Å². The fourth-order valence-electron chi connectivity index (χ4n) is 5.04. The van der Waals surface area contributed by atoms with Gasteiger partial charge in [-0.25, -0.2) is 9.80 Å². The molecule has 9 heteroatoms. The van der Waals surface area contributed by atoms with Crippen LogP contribution in [0, 0.1) is 5.41 Å². The molecule has 0 radical (unpaired) electrons. The van der Waals surface area contributed by atoms with E-state index in [1.165, 1.54) is 17.1 Å². The van der Waals surface area contributed by atoms with E-state index in [0.29, 0.717) is 6.42 Å². The van der Waals surface area contributed by atoms with Crippen LogP contribution in [0.15, 0.2) is 24.3 Å². The van der Waals surface area contributed by atoms with Crippen molar-refractivity contribution in [2.24, 2.45) is 5.41 Å². The van der Waals surface area contributed by atoms with Crippen molar-refractivity contribution in [1.29, 1.82) is 0 Å². The summed E-state index contributed by atoms with van der Waals surface area (Å²) in [7, 11) is 0. The summed E-state index contributed by atoms with van der Waals surface area (Å²) >= 11 is 0. The van der Waals surface area contributed by atoms with E-state index in [1.54, 1.807) is 32.9 Å². The van der Waals surface area contributed by atoms with Crippen LogP contribution in [-0.4, -0.2) is 67.7 Å². The Kier molecular flexibility index (Phi) is 4.68. The number of rotatable bonds is 2. The Morgan fingerprint density at radius 1 is 1.06 bits per heavy atom. The number of carboxylic acid groups (broad SMARTS) is 1. The Labute approximate surface area is 179 Å². The summed E-state index contributed by atoms with van der Waals surface area (Å²) in [6.45, 7) is 5.35. The summed E-state index contributed by atoms with van der Waals surface area (Å²) in [5, 5.41) is 12.5. The normalized spacial score (nSPS) is 26.7. The van der Waals surface area contributed by atoms with Crippen molar-refractivity contribution in [2.45, 2.75) is 58.0 Å². The van der Waals surface area contributed by atoms with Crippen LogP contribution >= 0.6 is 0 Å². The number of benzene rings is 1. The second-order valence-electron chi connectivity index (χ2n) is 9.27. The molecule has 1 N–H and O–H groups in total. The molecule has 0 saturated carbocycles. The minimum atomic E-state index is -1.68. The van der Waals surface area contributed by atoms with Gasteiger partial charge < -0.3 is 5.11 Å². The molecule has 4 amide bonds. The number of nitrogens with zero attached hydrogens (tertiary/aromatic N) is 3. The van der Waals surface area contributed by atoms with E-state index in [0.717, 1.165) is 9.91 Å². The second kappa shape index (κ2) is 6.90. The van der Waals surface area contributed by atoms with E-state index < -0.39 is 40.7 Å². The summed E-state index contributed by atoms with van der Waals surface area (Å²) < 4.78 is 0. The summed E-state index contributed by atoms with van der Waals surface area (Å²) in [6.07, 6.45) is 0.475. The van der Waals surface area contributed by atoms with Crippen molar-refractivity contribution in [3.63, 3.8) is 0 Å². The van der Waals surface area contributed by atoms with Crippen LogP contribution in [0.3, 0.4) is 0 Å². The van der Waals surface area contributed by atoms with Gasteiger partial charge in [-0.15, -0.1) is 0 Å². The number of carbonyl (C=O) groups excluding carboxylic acids is 4. The number of hydrazine groups is 1. The summed E-state index contributed by atoms with van der Waals surface area (Å²) in [6, 6.07) is 5.05. The van der Waals surface area contributed by atoms with Gasteiger partial charge in [0.25, 0.3) is 17.7 Å². The molecule has 0 spiro atoms. The minimum Gasteiger partial charge on any atom is -0.479 e. The van der Waals surface area contributed by atoms with Crippen molar-refractivity contribution in [1.82, 2.24) is 14.9 Å². The molecule has 4 rings (SSSR count). The Bertz CT molecular complexity index is 978. The molecule has 3 aliphatic heterocycles. The Balaban J connectivity index is 1.83. The van der Waals surface area contributed by atoms with Gasteiger partial charge in [0.15, 0.2) is 5.54 Å². The topological polar surface area (TPSA) is 115 Å². The van der Waals surface area contributed by atoms with Gasteiger partial charge in [-0.2, -0.15) is 0 Å². The lowest BCUT2D eigenvalue weighted by Gasteiger charge is -2.55. The van der Waals surface area contributed by atoms with Gasteiger partial charge in [0.1, 0.15) is 6.04 Å². The molecule has 3 heterocycles. The zero-order valence-electron chi connectivity index (χ0n) is 17.8. The van der Waals surface area contributed by atoms with Gasteiger partial charge >= 0.3 is 5.97 Å². The van der Waals surface area contributed by atoms with E-state index in [-0.39, 0.29) is 42.8 Å². The Morgan fingerprint density at radius 3 is 2.16 bits per heavy atom. The monoisotopic (exact) mass is 427 g/mol. The third kappa shape index (κ3) is 2.79. The minimum absolute atomic E-state index is 0.0457. The van der Waals surface area contributed by atoms with Crippen LogP contribution in [0.25, 0.3) is 0 Å². The van der Waals surface area contributed by atoms with Crippen LogP contribution in [0.2, 0.25) is 0 Å². The molecule has 2 fully saturated rings. The molecule has 0 aliphatic carbocycles. The molecular formula is C22H25N3O6. The van der Waals surface area contributed by atoms with Crippen LogP contribution in [0.5, 0.6) is 0 Å². The zero-order valence-corrected chi connectivity index (χ0v) is 17.8. The highest BCUT2D eigenvalue weighted by Gasteiger charge is 2.62. The zero-order chi connectivity index (χ0) is 22.7. The first kappa shape index (κ1) is 21.0. The fourth-order valence-corrected chi connectivity index (χ4v) is 5.04. The lowest BCUT2D eigenvalue weighted by Crippen LogP contribution is -2.73. The third-order valence-corrected chi connectivity index (χ3v) is 6.66. The van der Waals surface area contributed by atoms with E-state index in [1.807, 2.05) is 0 Å². The van der Waals surface area contributed by atoms with Gasteiger partial charge in [-0.3, -0.25) is 29.1 Å². The molecule has 31 heavy (non-hydrogen) atoms. The quantitative estimate of drug-likeness (QED) is 0.718. The second-order valence-corrected chi connectivity index (χ2v) is 9.27. The van der Waals surface area contributed by atoms with E-state index >= 15 is 0 Å². The predicted molar refractivity (Wildman–Crippen MR) is 108 cm³/mol. The molecule has 9 nitrogen and oxygen atoms in total. The van der Waals surface area contributed by atoms with Gasteiger partial charge in [0, 0.05) is 13.0 Å². The van der Waals surface area contributed by atoms with Crippen molar-refractivity contribution >= 4 is 29.6 Å². The summed E-state index contributed by atoms with van der Waals surface area (Å²) in [5.41, 5.74) is -2.19. The van der Waals surface area contributed by atoms with Crippen molar-refractivity contribution in [3.05, 3.63) is 35.4 Å². The number of hydrogen-bond donors (Lipinski definition) is 1. The van der Waals surface area contributed by atoms with Gasteiger partial charge in [-0.05, 0) is 36.8 Å². The highest BCUT2D eigenvalue weighted by Crippen LogP contribution is 2.45. The molecule has 0 bridgehead atoms. The van der Waals surface area contributed by atoms with E-state index in [9.17, 15) is 29.1 Å². The predicted octanol–water partition coefficient (Wildman–Crippen LogP) is 1.68. The number of fused-ring (bicyclic) bond motifs is 2. The molecule has 2 saturated heterocycles. The van der Waals surface area contributed by atoms with Crippen LogP contribution < -0.4 is 0 Å². The van der Waals surface area contributed by atoms with Crippen LogP contribution in [-0.2, 0) is 14.4 Å². The fraction of sp³-hybridized carbons (Fsp3) is 0.500. The SMILES string of the molecule is CC(C)(C)[C@]1(C(=O)O)CCCN2C(=O)CC[C@H](N3C(=O)c4ccccc4C3=O)C(=O)N21. The number of aliphatic carboxylic acids is 1. The lowest BCUT2D eigenvalue weighted by atomic mass is 9.69. The van der Waals surface area contributed by atoms with Crippen LogP contribution in [0.1, 0.15) is 67.2 Å². The highest BCUT2D eigenvalue weighted by molar-refractivity contribution is 6.23. The van der Waals surface area contributed by atoms with Gasteiger partial charge in [0.2, 0.25) is 5.91 Å². The van der Waals surface area contributed by atoms with E-state index in [4.69, 9.17) is 0 Å². The average molecular weight is 427 g/mol. The number of amides is 4. The van der Waals surface area contributed by atoms with Gasteiger partial charge in [-0.1, -0.05) is 32.9 Å². The first-order valence-corrected chi connectivity index (χ1v) is 10.4. The number of carboxylic acids is 1. The number of hydrogen-bond acceptors (Lipinski definition) is 5. The lowest BCUT2D eigenvalue weighted by molar-refractivity contribution is -0.210. The Morgan fingerprint density at radius 2 is 1.65 bits per heavy atom. The molecule has 0 aromatic heterocycles. The standard InChI is InChI=1S/C22H25N3O6/c1-21(2,3)22(20(30)31)11-6-12-23-16(26)10-9-15(19(29)25(22)23)24-17(27)13-7-4-5-8-14(13)18(24)28/h4-5,7-8,15H,6,9-12H2,1-3H3,(H,30,31)/t15-,22+/m0/s1. The first-order valence-electron chi connectivity index (χ1n) is 10.4. The molecule has 164 valence electrons. The first-order chi connectivity index (χ1) is 14.5. The van der Waals surface area contributed by atoms with Crippen molar-refractivity contribution in [3.8, 4) is 0 Å². The molecule has 2 atom stereocenters. The largest absolute Gasteiger partial charge is 0.479 e. The summed E-state index contributed by atoms with van der Waals surface area (Å²) in [4.78, 5) is 66.3. The maximum Gasteiger partial charge on any atom is 0.332 e.